The van der Waals surface area contributed by atoms with E-state index in [9.17, 15) is 4.79 Å². The Labute approximate surface area is 118 Å². The minimum Gasteiger partial charge on any atom is -0.399 e. The molecule has 3 rings (SSSR count). The summed E-state index contributed by atoms with van der Waals surface area (Å²) in [6.45, 7) is 0. The molecule has 2 heterocycles. The normalized spacial score (nSPS) is 10.8. The van der Waals surface area contributed by atoms with Gasteiger partial charge in [0, 0.05) is 12.7 Å². The van der Waals surface area contributed by atoms with Gasteiger partial charge in [0.05, 0.1) is 22.1 Å². The van der Waals surface area contributed by atoms with Crippen LogP contribution in [0.15, 0.2) is 24.4 Å². The number of carbonyl (C=O) groups excluding carboxylic acids is 1. The predicted octanol–water partition coefficient (Wildman–Crippen LogP) is 1.45. The van der Waals surface area contributed by atoms with Crippen molar-refractivity contribution in [1.29, 1.82) is 0 Å². The van der Waals surface area contributed by atoms with Crippen LogP contribution >= 0.6 is 11.3 Å². The van der Waals surface area contributed by atoms with Crippen LogP contribution in [0.2, 0.25) is 0 Å². The number of fused-ring (bicyclic) bond motifs is 1. The molecule has 0 radical (unpaired) electrons. The number of aryl methyl sites for hydroxylation is 1. The minimum atomic E-state index is -0.338. The summed E-state index contributed by atoms with van der Waals surface area (Å²) in [4.78, 5) is 16.5. The molecular formula is C12H12N6OS. The van der Waals surface area contributed by atoms with Gasteiger partial charge in [0.1, 0.15) is 5.69 Å². The topological polar surface area (TPSA) is 112 Å². The quantitative estimate of drug-likeness (QED) is 0.618. The lowest BCUT2D eigenvalue weighted by molar-refractivity contribution is 0.101. The molecule has 0 fully saturated rings. The largest absolute Gasteiger partial charge is 0.399 e. The van der Waals surface area contributed by atoms with Gasteiger partial charge >= 0.3 is 0 Å². The highest BCUT2D eigenvalue weighted by molar-refractivity contribution is 7.22. The van der Waals surface area contributed by atoms with Gasteiger partial charge in [0.2, 0.25) is 0 Å². The van der Waals surface area contributed by atoms with Crippen LogP contribution in [0.4, 0.5) is 16.5 Å². The van der Waals surface area contributed by atoms with Crippen LogP contribution in [-0.4, -0.2) is 20.7 Å². The number of nitrogens with one attached hydrogen (secondary N) is 1. The van der Waals surface area contributed by atoms with Gasteiger partial charge in [-0.2, -0.15) is 5.10 Å². The molecule has 102 valence electrons. The molecule has 3 aromatic rings. The molecular weight excluding hydrogens is 276 g/mol. The highest BCUT2D eigenvalue weighted by Crippen LogP contribution is 2.28. The second kappa shape index (κ2) is 4.49. The Morgan fingerprint density at radius 3 is 2.90 bits per heavy atom. The zero-order valence-electron chi connectivity index (χ0n) is 10.6. The first-order valence-electron chi connectivity index (χ1n) is 5.79. The van der Waals surface area contributed by atoms with E-state index in [2.05, 4.69) is 15.4 Å². The number of thiazole rings is 1. The summed E-state index contributed by atoms with van der Waals surface area (Å²) in [5, 5.41) is 7.15. The average Bonchev–Trinajstić information content (AvgIpc) is 2.92. The maximum atomic E-state index is 12.2. The first-order valence-corrected chi connectivity index (χ1v) is 6.61. The molecule has 0 atom stereocenters. The Morgan fingerprint density at radius 2 is 2.20 bits per heavy atom. The second-order valence-corrected chi connectivity index (χ2v) is 5.30. The molecule has 5 N–H and O–H groups in total. The van der Waals surface area contributed by atoms with Crippen molar-refractivity contribution in [3.8, 4) is 0 Å². The molecule has 8 heteroatoms. The lowest BCUT2D eigenvalue weighted by atomic mass is 10.3. The third kappa shape index (κ3) is 2.05. The first kappa shape index (κ1) is 12.4. The van der Waals surface area contributed by atoms with Crippen molar-refractivity contribution in [3.05, 3.63) is 30.1 Å². The smallest absolute Gasteiger partial charge is 0.277 e. The Kier molecular flexibility index (Phi) is 2.79. The molecule has 20 heavy (non-hydrogen) atoms. The third-order valence-corrected chi connectivity index (χ3v) is 3.75. The fraction of sp³-hybridized carbons (Fsp3) is 0.0833. The third-order valence-electron chi connectivity index (χ3n) is 2.82. The summed E-state index contributed by atoms with van der Waals surface area (Å²) in [5.41, 5.74) is 13.5. The van der Waals surface area contributed by atoms with Crippen LogP contribution in [0.25, 0.3) is 10.2 Å². The number of nitrogen functional groups attached to an aromatic ring is 2. The highest BCUT2D eigenvalue weighted by atomic mass is 32.1. The number of nitrogens with two attached hydrogens (primary N) is 2. The van der Waals surface area contributed by atoms with Crippen molar-refractivity contribution < 1.29 is 4.79 Å². The average molecular weight is 288 g/mol. The number of carbonyl (C=O) groups is 1. The summed E-state index contributed by atoms with van der Waals surface area (Å²) >= 11 is 1.36. The Balaban J connectivity index is 1.91. The van der Waals surface area contributed by atoms with Gasteiger partial charge in [0.15, 0.2) is 5.13 Å². The SMILES string of the molecule is Cn1ncc(N)c1C(=O)Nc1nc2ccc(N)cc2s1. The van der Waals surface area contributed by atoms with Crippen LogP contribution in [0.5, 0.6) is 0 Å². The van der Waals surface area contributed by atoms with Crippen LogP contribution in [-0.2, 0) is 7.05 Å². The predicted molar refractivity (Wildman–Crippen MR) is 79.6 cm³/mol. The number of aromatic nitrogens is 3. The molecule has 0 aliphatic rings. The number of nitrogens with zero attached hydrogens (tertiary/aromatic N) is 3. The minimum absolute atomic E-state index is 0.309. The summed E-state index contributed by atoms with van der Waals surface area (Å²) in [5.74, 6) is -0.338. The van der Waals surface area contributed by atoms with Crippen LogP contribution in [0.1, 0.15) is 10.5 Å². The zero-order valence-corrected chi connectivity index (χ0v) is 11.4. The number of rotatable bonds is 2. The molecule has 0 aliphatic carbocycles. The van der Waals surface area contributed by atoms with Gasteiger partial charge < -0.3 is 11.5 Å². The Morgan fingerprint density at radius 1 is 1.40 bits per heavy atom. The fourth-order valence-electron chi connectivity index (χ4n) is 1.88. The van der Waals surface area contributed by atoms with Gasteiger partial charge in [0.25, 0.3) is 5.91 Å². The molecule has 0 aliphatic heterocycles. The van der Waals surface area contributed by atoms with E-state index >= 15 is 0 Å². The highest BCUT2D eigenvalue weighted by Gasteiger charge is 2.16. The van der Waals surface area contributed by atoms with Gasteiger partial charge in [-0.3, -0.25) is 14.8 Å². The lowest BCUT2D eigenvalue weighted by Gasteiger charge is -2.02. The summed E-state index contributed by atoms with van der Waals surface area (Å²) in [6.07, 6.45) is 1.44. The van der Waals surface area contributed by atoms with E-state index in [0.29, 0.717) is 22.2 Å². The van der Waals surface area contributed by atoms with Crippen molar-refractivity contribution in [2.24, 2.45) is 7.05 Å². The number of hydrogen-bond acceptors (Lipinski definition) is 6. The fourth-order valence-corrected chi connectivity index (χ4v) is 2.79. The number of amides is 1. The molecule has 1 aromatic carbocycles. The molecule has 0 unspecified atom stereocenters. The maximum absolute atomic E-state index is 12.2. The van der Waals surface area contributed by atoms with Crippen molar-refractivity contribution in [2.75, 3.05) is 16.8 Å². The molecule has 2 aromatic heterocycles. The van der Waals surface area contributed by atoms with Crippen LogP contribution in [0.3, 0.4) is 0 Å². The van der Waals surface area contributed by atoms with Crippen molar-refractivity contribution in [2.45, 2.75) is 0 Å². The number of anilines is 3. The van der Waals surface area contributed by atoms with E-state index in [1.54, 1.807) is 13.1 Å². The molecule has 1 amide bonds. The number of benzene rings is 1. The van der Waals surface area contributed by atoms with E-state index in [-0.39, 0.29) is 5.91 Å². The zero-order chi connectivity index (χ0) is 14.3. The number of hydrogen-bond donors (Lipinski definition) is 3. The Hall–Kier alpha value is -2.61. The summed E-state index contributed by atoms with van der Waals surface area (Å²) in [7, 11) is 1.66. The van der Waals surface area contributed by atoms with E-state index < -0.39 is 0 Å². The monoisotopic (exact) mass is 288 g/mol. The van der Waals surface area contributed by atoms with E-state index in [4.69, 9.17) is 11.5 Å². The van der Waals surface area contributed by atoms with E-state index in [1.165, 1.54) is 22.2 Å². The summed E-state index contributed by atoms with van der Waals surface area (Å²) < 4.78 is 2.34. The van der Waals surface area contributed by atoms with Gasteiger partial charge in [-0.1, -0.05) is 11.3 Å². The lowest BCUT2D eigenvalue weighted by Crippen LogP contribution is -2.17. The van der Waals surface area contributed by atoms with Gasteiger partial charge in [-0.05, 0) is 18.2 Å². The molecule has 0 saturated carbocycles. The van der Waals surface area contributed by atoms with Crippen molar-refractivity contribution in [3.63, 3.8) is 0 Å². The van der Waals surface area contributed by atoms with Gasteiger partial charge in [-0.25, -0.2) is 4.98 Å². The van der Waals surface area contributed by atoms with Crippen LogP contribution in [0, 0.1) is 0 Å². The molecule has 0 saturated heterocycles. The van der Waals surface area contributed by atoms with Crippen molar-refractivity contribution in [1.82, 2.24) is 14.8 Å². The summed E-state index contributed by atoms with van der Waals surface area (Å²) in [6, 6.07) is 5.41. The molecule has 0 bridgehead atoms. The van der Waals surface area contributed by atoms with E-state index in [1.807, 2.05) is 12.1 Å². The maximum Gasteiger partial charge on any atom is 0.277 e. The van der Waals surface area contributed by atoms with Crippen LogP contribution < -0.4 is 16.8 Å². The van der Waals surface area contributed by atoms with Crippen molar-refractivity contribution >= 4 is 44.0 Å². The molecule has 7 nitrogen and oxygen atoms in total. The first-order chi connectivity index (χ1) is 9.54. The molecule has 0 spiro atoms. The Bertz CT molecular complexity index is 786. The standard InChI is InChI=1S/C12H12N6OS/c1-18-10(7(14)5-15-18)11(19)17-12-16-8-3-2-6(13)4-9(8)20-12/h2-5H,13-14H2,1H3,(H,16,17,19). The second-order valence-electron chi connectivity index (χ2n) is 4.27. The van der Waals surface area contributed by atoms with Gasteiger partial charge in [-0.15, -0.1) is 0 Å². The van der Waals surface area contributed by atoms with E-state index in [0.717, 1.165) is 10.2 Å².